The van der Waals surface area contributed by atoms with E-state index < -0.39 is 103 Å². The van der Waals surface area contributed by atoms with E-state index in [0.29, 0.717) is 73.4 Å². The van der Waals surface area contributed by atoms with E-state index in [1.165, 1.54) is 24.3 Å². The summed E-state index contributed by atoms with van der Waals surface area (Å²) in [6.07, 6.45) is 0. The number of hydrogen-bond donors (Lipinski definition) is 15. The SMILES string of the molecule is CN(C)CCN(C)c1ccc(N(C)CCN(C)C)c2c1C(=O)c1c(O)ccc(O)c1C2=O.CN(CC[N+](C)(C)O)c1ccc(N(C)CC[N+](C)(C)O)c2c1C(=O)c1c(O)ccc(O)c1C2=O.CNCCN(C)C.C[N+](C)(O)CCN(CCO)c1ccc(N(CCO)CC[N+](C)(C)O)c2c1C(=O)c1c(O)ccc(O)c1C2=O.O=C1c2c(O)ccc(O)c2C(=O)c2c(F)ccc(F)c21. The molecule has 0 bridgehead atoms. The Hall–Kier alpha value is -12.4. The molecule has 0 saturated heterocycles. The van der Waals surface area contributed by atoms with Gasteiger partial charge in [-0.25, -0.2) is 29.6 Å². The number of likely N-dealkylation sites (N-methyl/N-ethyl adjacent to an activating group) is 12. The summed E-state index contributed by atoms with van der Waals surface area (Å²) in [6, 6.07) is 21.0. The predicted molar refractivity (Wildman–Crippen MR) is 489 cm³/mol. The van der Waals surface area contributed by atoms with Crippen molar-refractivity contribution >= 4 is 80.4 Å². The number of halogens is 2. The van der Waals surface area contributed by atoms with E-state index in [-0.39, 0.29) is 161 Å². The number of nitrogens with one attached hydrogen (secondary N) is 1. The van der Waals surface area contributed by atoms with Gasteiger partial charge in [0.05, 0.1) is 185 Å². The van der Waals surface area contributed by atoms with Crippen LogP contribution in [0.2, 0.25) is 0 Å². The first kappa shape index (κ1) is 104. The van der Waals surface area contributed by atoms with Gasteiger partial charge in [0.25, 0.3) is 0 Å². The third kappa shape index (κ3) is 24.1. The number of carbonyl (C=O) groups excluding carboxylic acids is 8. The van der Waals surface area contributed by atoms with Crippen LogP contribution >= 0.6 is 0 Å². The van der Waals surface area contributed by atoms with Crippen molar-refractivity contribution in [2.24, 2.45) is 0 Å². The fraction of sp³-hybridized carbons (Fsp3) is 0.398. The van der Waals surface area contributed by atoms with Crippen LogP contribution in [0.25, 0.3) is 0 Å². The lowest BCUT2D eigenvalue weighted by atomic mass is 9.80. The summed E-state index contributed by atoms with van der Waals surface area (Å²) >= 11 is 0. The third-order valence-electron chi connectivity index (χ3n) is 22.3. The van der Waals surface area contributed by atoms with E-state index >= 15 is 0 Å². The van der Waals surface area contributed by atoms with E-state index in [0.717, 1.165) is 62.6 Å². The number of quaternary nitrogens is 4. The minimum absolute atomic E-state index is 0.0155. The summed E-state index contributed by atoms with van der Waals surface area (Å²) in [5.41, 5.74) is -0.270. The van der Waals surface area contributed by atoms with Crippen molar-refractivity contribution in [2.45, 2.75) is 0 Å². The van der Waals surface area contributed by atoms with Gasteiger partial charge < -0.3 is 100 Å². The topological polar surface area (TPSA) is 461 Å². The van der Waals surface area contributed by atoms with Crippen LogP contribution in [0.1, 0.15) is 127 Å². The first-order valence-electron chi connectivity index (χ1n) is 42.0. The molecule has 4 aliphatic carbocycles. The fourth-order valence-electron chi connectivity index (χ4n) is 15.1. The maximum atomic E-state index is 13.9. The predicted octanol–water partition coefficient (Wildman–Crippen LogP) is 5.87. The Morgan fingerprint density at radius 2 is 0.443 bits per heavy atom. The minimum Gasteiger partial charge on any atom is -0.507 e. The van der Waals surface area contributed by atoms with Crippen LogP contribution in [0, 0.1) is 11.6 Å². The Labute approximate surface area is 759 Å². The molecule has 0 saturated carbocycles. The maximum Gasteiger partial charge on any atom is 0.201 e. The van der Waals surface area contributed by atoms with Crippen LogP contribution in [-0.4, -0.2) is 403 Å². The number of rotatable bonds is 31. The molecule has 0 heterocycles. The molecule has 131 heavy (non-hydrogen) atoms. The van der Waals surface area contributed by atoms with E-state index in [4.69, 9.17) is 0 Å². The van der Waals surface area contributed by atoms with Gasteiger partial charge in [-0.05, 0) is 146 Å². The Kier molecular flexibility index (Phi) is 33.9. The van der Waals surface area contributed by atoms with E-state index in [9.17, 15) is 119 Å². The van der Waals surface area contributed by atoms with Gasteiger partial charge >= 0.3 is 0 Å². The second-order valence-electron chi connectivity index (χ2n) is 35.4. The van der Waals surface area contributed by atoms with Gasteiger partial charge in [0, 0.05) is 115 Å². The highest BCUT2D eigenvalue weighted by atomic mass is 19.1. The number of aromatic hydroxyl groups is 8. The second-order valence-corrected chi connectivity index (χ2v) is 35.4. The van der Waals surface area contributed by atoms with Gasteiger partial charge in [0.1, 0.15) is 83.8 Å². The normalized spacial score (nSPS) is 13.1. The average Bonchev–Trinajstić information content (AvgIpc) is 0.723. The van der Waals surface area contributed by atoms with Crippen molar-refractivity contribution in [2.75, 3.05) is 281 Å². The van der Waals surface area contributed by atoms with E-state index in [1.807, 2.05) is 81.1 Å². The molecule has 0 radical (unpaired) electrons. The van der Waals surface area contributed by atoms with Crippen molar-refractivity contribution in [3.63, 3.8) is 0 Å². The summed E-state index contributed by atoms with van der Waals surface area (Å²) < 4.78 is 26.2. The zero-order chi connectivity index (χ0) is 98.0. The number of phenolic OH excluding ortho intramolecular Hbond substituents is 8. The zero-order valence-electron chi connectivity index (χ0n) is 77.6. The summed E-state index contributed by atoms with van der Waals surface area (Å²) in [7, 11) is 34.1. The number of aliphatic hydroxyl groups excluding tert-OH is 2. The number of carbonyl (C=O) groups is 8. The highest BCUT2D eigenvalue weighted by Gasteiger charge is 2.45. The van der Waals surface area contributed by atoms with Crippen molar-refractivity contribution in [1.82, 2.24) is 20.0 Å². The Bertz CT molecular complexity index is 5250. The highest BCUT2D eigenvalue weighted by Crippen LogP contribution is 2.49. The molecule has 0 amide bonds. The van der Waals surface area contributed by atoms with Crippen molar-refractivity contribution in [3.8, 4) is 46.0 Å². The maximum absolute atomic E-state index is 13.9. The first-order chi connectivity index (χ1) is 61.1. The van der Waals surface area contributed by atoms with Gasteiger partial charge in [-0.15, -0.1) is 0 Å². The number of fused-ring (bicyclic) bond motifs is 8. The van der Waals surface area contributed by atoms with Gasteiger partial charge in [-0.2, -0.15) is 18.6 Å². The largest absolute Gasteiger partial charge is 0.507 e. The van der Waals surface area contributed by atoms with Crippen molar-refractivity contribution in [3.05, 3.63) is 198 Å². The molecule has 0 aromatic heterocycles. The number of aliphatic hydroxyl groups is 2. The number of phenols is 8. The molecular formula is C93H124F2N14O22+4. The summed E-state index contributed by atoms with van der Waals surface area (Å²) in [4.78, 5) is 124. The van der Waals surface area contributed by atoms with Crippen LogP contribution < -0.4 is 34.7 Å². The summed E-state index contributed by atoms with van der Waals surface area (Å²) in [5, 5.41) is 145. The Morgan fingerprint density at radius 1 is 0.252 bits per heavy atom. The highest BCUT2D eigenvalue weighted by molar-refractivity contribution is 6.36. The fourth-order valence-corrected chi connectivity index (χ4v) is 15.1. The molecule has 8 aromatic carbocycles. The lowest BCUT2D eigenvalue weighted by Gasteiger charge is -2.34. The van der Waals surface area contributed by atoms with Crippen molar-refractivity contribution in [1.29, 1.82) is 0 Å². The molecule has 4 aliphatic rings. The monoisotopic (exact) mass is 1830 g/mol. The molecule has 38 heteroatoms. The number of benzene rings is 8. The van der Waals surface area contributed by atoms with Gasteiger partial charge in [-0.1, -0.05) is 0 Å². The molecule has 708 valence electrons. The number of hydroxylamine groups is 12. The lowest BCUT2D eigenvalue weighted by Crippen LogP contribution is -2.45. The summed E-state index contributed by atoms with van der Waals surface area (Å²) in [6.45, 7) is 7.13. The molecular weight excluding hydrogens is 1700 g/mol. The Balaban J connectivity index is 0.000000213. The van der Waals surface area contributed by atoms with Crippen LogP contribution in [0.4, 0.5) is 42.9 Å². The van der Waals surface area contributed by atoms with Crippen LogP contribution in [0.5, 0.6) is 46.0 Å². The summed E-state index contributed by atoms with van der Waals surface area (Å²) in [5.74, 6) is -11.0. The molecule has 0 aliphatic heterocycles. The zero-order valence-corrected chi connectivity index (χ0v) is 77.6. The van der Waals surface area contributed by atoms with E-state index in [1.54, 1.807) is 114 Å². The number of nitrogens with zero attached hydrogens (tertiary/aromatic N) is 13. The molecule has 0 spiro atoms. The van der Waals surface area contributed by atoms with Gasteiger partial charge in [-0.3, -0.25) is 38.4 Å². The average molecular weight is 1830 g/mol. The number of ketones is 8. The minimum atomic E-state index is -1.06. The lowest BCUT2D eigenvalue weighted by molar-refractivity contribution is -1.07. The van der Waals surface area contributed by atoms with Gasteiger partial charge in [0.15, 0.2) is 0 Å². The first-order valence-corrected chi connectivity index (χ1v) is 42.0. The smallest absolute Gasteiger partial charge is 0.201 e. The molecule has 0 atom stereocenters. The standard InChI is InChI=1S/C26H36N4O8.C24H32N4O6.C24H32N4O4.C14H6F2O4.C5H14N2/c1-29(2,37)13-9-27(11-15-31)17-5-6-18(28(12-16-32)10-14-30(3,4)38)22-21(17)25(35)23-19(33)7-8-20(34)24(23)26(22)36;1-25(11-13-27(3,4)33)15-7-8-16(26(2)12-14-28(5,6)34)20-19(15)23(31)21-17(29)9-10-18(30)22(21)24(20)32;1-25(2)11-13-27(5)15-7-8-16(28(6)14-12-26(3)4)20-19(15)23(31)21-17(29)9-10-18(30)22(21)24(20)32;15-5-1-2-6(16)10-9(5)13(19)11-7(17)3-4-8(18)12(11)14(10)20;1-6-4-5-7(2)3/h5-8,31-32,37-38H,9-16H2,1-4H3;7-10,33-34H,11-14H2,1-6H3;7-10,29-30H,11-14H2,1-6H3;1-4,17-18H;6H,4-5H2,1-3H3/p+4. The number of anilines is 6. The molecule has 12 rings (SSSR count). The quantitative estimate of drug-likeness (QED) is 0.0137. The van der Waals surface area contributed by atoms with Gasteiger partial charge in [0.2, 0.25) is 46.3 Å². The van der Waals surface area contributed by atoms with E-state index in [2.05, 4.69) is 24.3 Å². The number of hydrogen-bond acceptors (Lipinski definition) is 32. The molecule has 36 nitrogen and oxygen atoms in total. The molecule has 0 unspecified atom stereocenters. The van der Waals surface area contributed by atoms with Crippen LogP contribution in [-0.2, 0) is 0 Å². The third-order valence-corrected chi connectivity index (χ3v) is 22.3. The van der Waals surface area contributed by atoms with Crippen LogP contribution in [0.15, 0.2) is 97.1 Å². The Morgan fingerprint density at radius 3 is 0.634 bits per heavy atom. The molecule has 8 aromatic rings. The molecule has 0 fully saturated rings. The second kappa shape index (κ2) is 42.7. The van der Waals surface area contributed by atoms with Crippen molar-refractivity contribution < 1.29 is 138 Å². The van der Waals surface area contributed by atoms with Crippen LogP contribution in [0.3, 0.4) is 0 Å². The molecule has 15 N–H and O–H groups in total.